The molecule has 0 aromatic heterocycles. The van der Waals surface area contributed by atoms with Crippen molar-refractivity contribution in [3.8, 4) is 0 Å². The van der Waals surface area contributed by atoms with Gasteiger partial charge in [-0.2, -0.15) is 5.01 Å². The fraction of sp³-hybridized carbons (Fsp3) is 0.207. The molecular weight excluding hydrogens is 454 g/mol. The lowest BCUT2D eigenvalue weighted by atomic mass is 9.93. The number of esters is 1. The number of amides is 2. The molecule has 182 valence electrons. The van der Waals surface area contributed by atoms with E-state index in [-0.39, 0.29) is 18.4 Å². The molecular formula is C29H27N3O4. The van der Waals surface area contributed by atoms with E-state index in [1.807, 2.05) is 72.6 Å². The molecule has 3 aromatic carbocycles. The summed E-state index contributed by atoms with van der Waals surface area (Å²) < 4.78 is 5.35. The predicted octanol–water partition coefficient (Wildman–Crippen LogP) is 4.10. The molecule has 3 atom stereocenters. The summed E-state index contributed by atoms with van der Waals surface area (Å²) in [5, 5.41) is 6.30. The second-order valence-electron chi connectivity index (χ2n) is 8.85. The third kappa shape index (κ3) is 4.18. The number of carbonyl (C=O) groups excluding carboxylic acids is 3. The van der Waals surface area contributed by atoms with Crippen LogP contribution >= 0.6 is 0 Å². The summed E-state index contributed by atoms with van der Waals surface area (Å²) in [5.41, 5.74) is 3.63. The minimum Gasteiger partial charge on any atom is -0.463 e. The summed E-state index contributed by atoms with van der Waals surface area (Å²) in [7, 11) is 0. The van der Waals surface area contributed by atoms with Crippen molar-refractivity contribution in [1.29, 1.82) is 0 Å². The molecule has 0 radical (unpaired) electrons. The average Bonchev–Trinajstić information content (AvgIpc) is 3.41. The van der Waals surface area contributed by atoms with Crippen molar-refractivity contribution >= 4 is 17.8 Å². The first-order chi connectivity index (χ1) is 17.5. The maximum atomic E-state index is 13.8. The summed E-state index contributed by atoms with van der Waals surface area (Å²) in [5.74, 6) is -1.12. The molecule has 0 aliphatic carbocycles. The zero-order valence-electron chi connectivity index (χ0n) is 20.1. The van der Waals surface area contributed by atoms with Gasteiger partial charge in [-0.25, -0.2) is 9.80 Å². The highest BCUT2D eigenvalue weighted by molar-refractivity contribution is 5.99. The number of hydrogen-bond donors (Lipinski definition) is 1. The summed E-state index contributed by atoms with van der Waals surface area (Å²) in [6, 6.07) is 24.3. The maximum Gasteiger partial charge on any atom is 0.337 e. The largest absolute Gasteiger partial charge is 0.463 e. The number of hydrogen-bond acceptors (Lipinski definition) is 5. The van der Waals surface area contributed by atoms with Gasteiger partial charge in [0.05, 0.1) is 24.3 Å². The molecule has 1 fully saturated rings. The van der Waals surface area contributed by atoms with E-state index in [1.165, 1.54) is 5.01 Å². The lowest BCUT2D eigenvalue weighted by molar-refractivity contribution is -0.140. The van der Waals surface area contributed by atoms with Crippen LogP contribution in [0.4, 0.5) is 0 Å². The van der Waals surface area contributed by atoms with Gasteiger partial charge in [0, 0.05) is 11.8 Å². The molecule has 1 saturated heterocycles. The van der Waals surface area contributed by atoms with Crippen LogP contribution < -0.4 is 5.32 Å². The minimum atomic E-state index is -0.854. The Balaban J connectivity index is 1.60. The Labute approximate surface area is 209 Å². The van der Waals surface area contributed by atoms with Gasteiger partial charge in [-0.1, -0.05) is 78.4 Å². The van der Waals surface area contributed by atoms with Crippen molar-refractivity contribution in [1.82, 2.24) is 15.3 Å². The van der Waals surface area contributed by atoms with Gasteiger partial charge in [0.1, 0.15) is 6.04 Å². The second kappa shape index (κ2) is 9.79. The summed E-state index contributed by atoms with van der Waals surface area (Å²) in [6.07, 6.45) is 1.55. The number of rotatable bonds is 6. The van der Waals surface area contributed by atoms with E-state index in [0.717, 1.165) is 16.7 Å². The van der Waals surface area contributed by atoms with Gasteiger partial charge < -0.3 is 10.1 Å². The van der Waals surface area contributed by atoms with Crippen LogP contribution in [0.5, 0.6) is 0 Å². The van der Waals surface area contributed by atoms with Gasteiger partial charge in [-0.05, 0) is 37.1 Å². The quantitative estimate of drug-likeness (QED) is 0.537. The Hall–Kier alpha value is -4.23. The van der Waals surface area contributed by atoms with Gasteiger partial charge in [0.25, 0.3) is 11.8 Å². The molecule has 0 bridgehead atoms. The molecule has 2 amide bonds. The smallest absolute Gasteiger partial charge is 0.337 e. The van der Waals surface area contributed by atoms with Crippen LogP contribution in [0.15, 0.2) is 96.7 Å². The third-order valence-electron chi connectivity index (χ3n) is 6.53. The zero-order valence-corrected chi connectivity index (χ0v) is 20.1. The Morgan fingerprint density at radius 1 is 0.889 bits per heavy atom. The molecule has 3 aromatic rings. The number of nitrogens with one attached hydrogen (secondary N) is 1. The van der Waals surface area contributed by atoms with E-state index in [4.69, 9.17) is 4.74 Å². The zero-order chi connectivity index (χ0) is 25.2. The molecule has 0 spiro atoms. The monoisotopic (exact) mass is 481 g/mol. The number of nitrogens with zero attached hydrogens (tertiary/aromatic N) is 2. The second-order valence-corrected chi connectivity index (χ2v) is 8.85. The first kappa shape index (κ1) is 23.5. The minimum absolute atomic E-state index is 0.225. The van der Waals surface area contributed by atoms with Crippen LogP contribution in [-0.2, 0) is 14.3 Å². The van der Waals surface area contributed by atoms with E-state index in [1.54, 1.807) is 37.4 Å². The summed E-state index contributed by atoms with van der Waals surface area (Å²) in [4.78, 5) is 39.9. The number of aryl methyl sites for hydroxylation is 1. The average molecular weight is 482 g/mol. The van der Waals surface area contributed by atoms with Crippen LogP contribution in [0.25, 0.3) is 0 Å². The van der Waals surface area contributed by atoms with E-state index >= 15 is 0 Å². The SMILES string of the molecule is CCOC(=O)C1=CN2C(=O)[C@H](NC(=O)c3ccccc3)[C@@H](c3ccccc3)N2[C@H]1c1ccc(C)cc1. The number of hydrazine groups is 1. The van der Waals surface area contributed by atoms with Crippen molar-refractivity contribution in [2.24, 2.45) is 0 Å². The number of carbonyl (C=O) groups is 3. The van der Waals surface area contributed by atoms with Gasteiger partial charge in [-0.3, -0.25) is 9.59 Å². The molecule has 7 nitrogen and oxygen atoms in total. The molecule has 1 N–H and O–H groups in total. The molecule has 2 aliphatic rings. The van der Waals surface area contributed by atoms with E-state index in [0.29, 0.717) is 11.1 Å². The van der Waals surface area contributed by atoms with E-state index in [9.17, 15) is 14.4 Å². The van der Waals surface area contributed by atoms with Gasteiger partial charge in [0.2, 0.25) is 0 Å². The number of fused-ring (bicyclic) bond motifs is 1. The van der Waals surface area contributed by atoms with E-state index < -0.39 is 24.1 Å². The molecule has 36 heavy (non-hydrogen) atoms. The van der Waals surface area contributed by atoms with Crippen LogP contribution in [0, 0.1) is 6.92 Å². The molecule has 0 saturated carbocycles. The molecule has 7 heteroatoms. The number of ether oxygens (including phenoxy) is 1. The Bertz CT molecular complexity index is 1310. The lowest BCUT2D eigenvalue weighted by Crippen LogP contribution is -2.43. The van der Waals surface area contributed by atoms with Gasteiger partial charge in [0.15, 0.2) is 0 Å². The van der Waals surface area contributed by atoms with Crippen molar-refractivity contribution in [3.05, 3.63) is 119 Å². The van der Waals surface area contributed by atoms with Gasteiger partial charge in [-0.15, -0.1) is 0 Å². The summed E-state index contributed by atoms with van der Waals surface area (Å²) >= 11 is 0. The Kier molecular flexibility index (Phi) is 6.40. The first-order valence-corrected chi connectivity index (χ1v) is 12.0. The molecule has 2 heterocycles. The Morgan fingerprint density at radius 2 is 1.53 bits per heavy atom. The standard InChI is InChI=1S/C29H27N3O4/c1-3-36-29(35)23-18-31-28(34)24(30-27(33)22-12-8-5-9-13-22)26(20-10-6-4-7-11-20)32(31)25(23)21-16-14-19(2)15-17-21/h4-18,24-26H,3H2,1-2H3,(H,30,33)/t24-,25+,26-/m1/s1. The van der Waals surface area contributed by atoms with Crippen LogP contribution in [0.3, 0.4) is 0 Å². The topological polar surface area (TPSA) is 79.0 Å². The molecule has 0 unspecified atom stereocenters. The van der Waals surface area contributed by atoms with Crippen LogP contribution in [0.1, 0.15) is 46.1 Å². The predicted molar refractivity (Wildman–Crippen MR) is 134 cm³/mol. The molecule has 5 rings (SSSR count). The number of benzene rings is 3. The van der Waals surface area contributed by atoms with Crippen molar-refractivity contribution in [2.45, 2.75) is 32.0 Å². The highest BCUT2D eigenvalue weighted by atomic mass is 16.5. The van der Waals surface area contributed by atoms with Crippen molar-refractivity contribution in [2.75, 3.05) is 6.61 Å². The van der Waals surface area contributed by atoms with Crippen LogP contribution in [0.2, 0.25) is 0 Å². The maximum absolute atomic E-state index is 13.8. The van der Waals surface area contributed by atoms with Gasteiger partial charge >= 0.3 is 5.97 Å². The molecule has 2 aliphatic heterocycles. The normalized spacial score (nSPS) is 21.2. The van der Waals surface area contributed by atoms with Crippen molar-refractivity contribution < 1.29 is 19.1 Å². The fourth-order valence-corrected chi connectivity index (χ4v) is 4.85. The van der Waals surface area contributed by atoms with Crippen LogP contribution in [-0.4, -0.2) is 40.5 Å². The first-order valence-electron chi connectivity index (χ1n) is 12.0. The highest BCUT2D eigenvalue weighted by Gasteiger charge is 2.55. The summed E-state index contributed by atoms with van der Waals surface area (Å²) in [6.45, 7) is 3.97. The van der Waals surface area contributed by atoms with Crippen molar-refractivity contribution in [3.63, 3.8) is 0 Å². The lowest BCUT2D eigenvalue weighted by Gasteiger charge is -2.33. The van der Waals surface area contributed by atoms with E-state index in [2.05, 4.69) is 5.32 Å². The Morgan fingerprint density at radius 3 is 2.17 bits per heavy atom. The third-order valence-corrected chi connectivity index (χ3v) is 6.53. The highest BCUT2D eigenvalue weighted by Crippen LogP contribution is 2.48. The fourth-order valence-electron chi connectivity index (χ4n) is 4.85.